The SMILES string of the molecule is C=CCNc1cc(C)nc(Nc2ccc(C(C)=O)cc2)n1. The van der Waals surface area contributed by atoms with E-state index in [0.29, 0.717) is 18.1 Å². The third kappa shape index (κ3) is 4.14. The maximum Gasteiger partial charge on any atom is 0.229 e. The molecule has 1 aromatic heterocycles. The zero-order valence-electron chi connectivity index (χ0n) is 12.2. The first kappa shape index (κ1) is 14.7. The van der Waals surface area contributed by atoms with Gasteiger partial charge >= 0.3 is 0 Å². The van der Waals surface area contributed by atoms with Gasteiger partial charge in [0, 0.05) is 29.6 Å². The number of ketones is 1. The van der Waals surface area contributed by atoms with Crippen molar-refractivity contribution >= 4 is 23.2 Å². The number of Topliss-reactive ketones (excluding diaryl/α,β-unsaturated/α-hetero) is 1. The lowest BCUT2D eigenvalue weighted by molar-refractivity contribution is 0.101. The molecule has 0 fully saturated rings. The number of hydrogen-bond donors (Lipinski definition) is 2. The predicted octanol–water partition coefficient (Wildman–Crippen LogP) is 3.33. The fourth-order valence-corrected chi connectivity index (χ4v) is 1.81. The molecule has 5 heteroatoms. The number of benzene rings is 1. The molecular weight excluding hydrogens is 264 g/mol. The molecule has 2 rings (SSSR count). The van der Waals surface area contributed by atoms with E-state index < -0.39 is 0 Å². The number of aryl methyl sites for hydroxylation is 1. The van der Waals surface area contributed by atoms with Gasteiger partial charge in [0.25, 0.3) is 0 Å². The molecule has 0 aliphatic heterocycles. The molecule has 2 N–H and O–H groups in total. The number of rotatable bonds is 6. The Morgan fingerprint density at radius 3 is 2.62 bits per heavy atom. The fraction of sp³-hybridized carbons (Fsp3) is 0.188. The van der Waals surface area contributed by atoms with Gasteiger partial charge in [0.2, 0.25) is 5.95 Å². The van der Waals surface area contributed by atoms with Crippen LogP contribution < -0.4 is 10.6 Å². The van der Waals surface area contributed by atoms with Gasteiger partial charge < -0.3 is 10.6 Å². The van der Waals surface area contributed by atoms with E-state index in [0.717, 1.165) is 17.2 Å². The van der Waals surface area contributed by atoms with Gasteiger partial charge in [-0.05, 0) is 38.1 Å². The van der Waals surface area contributed by atoms with Gasteiger partial charge in [0.05, 0.1) is 0 Å². The Morgan fingerprint density at radius 1 is 1.29 bits per heavy atom. The first-order chi connectivity index (χ1) is 10.1. The number of carbonyl (C=O) groups excluding carboxylic acids is 1. The lowest BCUT2D eigenvalue weighted by Gasteiger charge is -2.09. The first-order valence-corrected chi connectivity index (χ1v) is 6.67. The van der Waals surface area contributed by atoms with Crippen LogP contribution in [0.1, 0.15) is 23.0 Å². The highest BCUT2D eigenvalue weighted by atomic mass is 16.1. The van der Waals surface area contributed by atoms with Crippen molar-refractivity contribution in [3.05, 3.63) is 54.2 Å². The first-order valence-electron chi connectivity index (χ1n) is 6.67. The molecule has 21 heavy (non-hydrogen) atoms. The molecule has 0 radical (unpaired) electrons. The van der Waals surface area contributed by atoms with Crippen LogP contribution >= 0.6 is 0 Å². The molecule has 2 aromatic rings. The zero-order valence-corrected chi connectivity index (χ0v) is 12.2. The van der Waals surface area contributed by atoms with Gasteiger partial charge in [-0.15, -0.1) is 6.58 Å². The Balaban J connectivity index is 2.16. The van der Waals surface area contributed by atoms with Crippen molar-refractivity contribution in [2.24, 2.45) is 0 Å². The summed E-state index contributed by atoms with van der Waals surface area (Å²) in [6.45, 7) is 7.76. The minimum atomic E-state index is 0.0456. The highest BCUT2D eigenvalue weighted by molar-refractivity contribution is 5.94. The van der Waals surface area contributed by atoms with E-state index in [1.807, 2.05) is 25.1 Å². The minimum absolute atomic E-state index is 0.0456. The van der Waals surface area contributed by atoms with E-state index in [1.165, 1.54) is 0 Å². The molecule has 108 valence electrons. The van der Waals surface area contributed by atoms with Crippen molar-refractivity contribution < 1.29 is 4.79 Å². The molecule has 0 saturated carbocycles. The molecule has 0 unspecified atom stereocenters. The van der Waals surface area contributed by atoms with Gasteiger partial charge in [-0.1, -0.05) is 6.08 Å². The van der Waals surface area contributed by atoms with Crippen molar-refractivity contribution in [2.45, 2.75) is 13.8 Å². The molecule has 1 heterocycles. The molecule has 0 bridgehead atoms. The van der Waals surface area contributed by atoms with Gasteiger partial charge in [0.15, 0.2) is 5.78 Å². The van der Waals surface area contributed by atoms with Crippen molar-refractivity contribution in [2.75, 3.05) is 17.2 Å². The molecule has 0 saturated heterocycles. The molecule has 0 spiro atoms. The van der Waals surface area contributed by atoms with Gasteiger partial charge in [-0.3, -0.25) is 4.79 Å². The normalized spacial score (nSPS) is 10.0. The van der Waals surface area contributed by atoms with Crippen LogP contribution in [-0.4, -0.2) is 22.3 Å². The molecule has 0 aliphatic rings. The Morgan fingerprint density at radius 2 is 2.00 bits per heavy atom. The summed E-state index contributed by atoms with van der Waals surface area (Å²) in [6, 6.07) is 9.08. The summed E-state index contributed by atoms with van der Waals surface area (Å²) in [4.78, 5) is 20.0. The molecule has 0 aliphatic carbocycles. The number of carbonyl (C=O) groups is 1. The quantitative estimate of drug-likeness (QED) is 0.628. The minimum Gasteiger partial charge on any atom is -0.366 e. The molecule has 0 amide bonds. The number of aromatic nitrogens is 2. The Labute approximate surface area is 124 Å². The summed E-state index contributed by atoms with van der Waals surface area (Å²) >= 11 is 0. The van der Waals surface area contributed by atoms with Crippen molar-refractivity contribution in [3.8, 4) is 0 Å². The van der Waals surface area contributed by atoms with Crippen LogP contribution in [0.15, 0.2) is 43.0 Å². The van der Waals surface area contributed by atoms with E-state index in [9.17, 15) is 4.79 Å². The fourth-order valence-electron chi connectivity index (χ4n) is 1.81. The van der Waals surface area contributed by atoms with E-state index in [-0.39, 0.29) is 5.78 Å². The van der Waals surface area contributed by atoms with Crippen LogP contribution in [0.3, 0.4) is 0 Å². The number of anilines is 3. The van der Waals surface area contributed by atoms with Crippen LogP contribution in [0.2, 0.25) is 0 Å². The van der Waals surface area contributed by atoms with Gasteiger partial charge in [-0.25, -0.2) is 4.98 Å². The van der Waals surface area contributed by atoms with Crippen molar-refractivity contribution in [1.82, 2.24) is 9.97 Å². The van der Waals surface area contributed by atoms with Gasteiger partial charge in [0.1, 0.15) is 5.82 Å². The largest absolute Gasteiger partial charge is 0.366 e. The Hall–Kier alpha value is -2.69. The number of nitrogens with one attached hydrogen (secondary N) is 2. The maximum atomic E-state index is 11.2. The topological polar surface area (TPSA) is 66.9 Å². The van der Waals surface area contributed by atoms with Gasteiger partial charge in [-0.2, -0.15) is 4.98 Å². The third-order valence-corrected chi connectivity index (χ3v) is 2.83. The summed E-state index contributed by atoms with van der Waals surface area (Å²) in [5, 5.41) is 6.26. The monoisotopic (exact) mass is 282 g/mol. The second-order valence-corrected chi connectivity index (χ2v) is 4.65. The standard InChI is InChI=1S/C16H18N4O/c1-4-9-17-15-10-11(2)18-16(20-15)19-14-7-5-13(6-8-14)12(3)21/h4-8,10H,1,9H2,2-3H3,(H2,17,18,19,20). The van der Waals surface area contributed by atoms with E-state index in [4.69, 9.17) is 0 Å². The molecule has 1 aromatic carbocycles. The summed E-state index contributed by atoms with van der Waals surface area (Å²) in [6.07, 6.45) is 1.77. The van der Waals surface area contributed by atoms with Crippen molar-refractivity contribution in [3.63, 3.8) is 0 Å². The second-order valence-electron chi connectivity index (χ2n) is 4.65. The molecule has 0 atom stereocenters. The summed E-state index contributed by atoms with van der Waals surface area (Å²) in [5.41, 5.74) is 2.37. The molecule has 5 nitrogen and oxygen atoms in total. The number of nitrogens with zero attached hydrogens (tertiary/aromatic N) is 2. The highest BCUT2D eigenvalue weighted by Gasteiger charge is 2.03. The lowest BCUT2D eigenvalue weighted by Crippen LogP contribution is -2.05. The summed E-state index contributed by atoms with van der Waals surface area (Å²) < 4.78 is 0. The maximum absolute atomic E-state index is 11.2. The smallest absolute Gasteiger partial charge is 0.229 e. The predicted molar refractivity (Wildman–Crippen MR) is 85.2 cm³/mol. The average Bonchev–Trinajstić information content (AvgIpc) is 2.45. The second kappa shape index (κ2) is 6.65. The van der Waals surface area contributed by atoms with Crippen LogP contribution in [0.4, 0.5) is 17.5 Å². The van der Waals surface area contributed by atoms with Crippen LogP contribution in [0.25, 0.3) is 0 Å². The Bertz CT molecular complexity index is 650. The van der Waals surface area contributed by atoms with Crippen LogP contribution in [0.5, 0.6) is 0 Å². The lowest BCUT2D eigenvalue weighted by atomic mass is 10.1. The average molecular weight is 282 g/mol. The highest BCUT2D eigenvalue weighted by Crippen LogP contribution is 2.16. The number of hydrogen-bond acceptors (Lipinski definition) is 5. The molecular formula is C16H18N4O. The van der Waals surface area contributed by atoms with E-state index in [1.54, 1.807) is 25.1 Å². The summed E-state index contributed by atoms with van der Waals surface area (Å²) in [5.74, 6) is 1.30. The third-order valence-electron chi connectivity index (χ3n) is 2.83. The zero-order chi connectivity index (χ0) is 15.2. The Kier molecular flexibility index (Phi) is 4.66. The van der Waals surface area contributed by atoms with Crippen LogP contribution in [-0.2, 0) is 0 Å². The van der Waals surface area contributed by atoms with Crippen LogP contribution in [0, 0.1) is 6.92 Å². The van der Waals surface area contributed by atoms with E-state index in [2.05, 4.69) is 27.2 Å². The summed E-state index contributed by atoms with van der Waals surface area (Å²) in [7, 11) is 0. The van der Waals surface area contributed by atoms with Crippen molar-refractivity contribution in [1.29, 1.82) is 0 Å². The van der Waals surface area contributed by atoms with E-state index >= 15 is 0 Å².